The Morgan fingerprint density at radius 2 is 2.00 bits per heavy atom. The van der Waals surface area contributed by atoms with Crippen LogP contribution in [0.4, 0.5) is 0 Å². The van der Waals surface area contributed by atoms with Gasteiger partial charge in [-0.1, -0.05) is 27.7 Å². The molecule has 0 fully saturated rings. The molecule has 0 aromatic heterocycles. The van der Waals surface area contributed by atoms with Crippen LogP contribution in [0.2, 0.25) is 0 Å². The van der Waals surface area contributed by atoms with Gasteiger partial charge in [-0.25, -0.2) is 0 Å². The smallest absolute Gasteiger partial charge is 0.0952 e. The minimum absolute atomic E-state index is 0.0764. The molecule has 0 saturated carbocycles. The third-order valence-corrected chi connectivity index (χ3v) is 2.43. The summed E-state index contributed by atoms with van der Waals surface area (Å²) in [5.74, 6) is 0. The summed E-state index contributed by atoms with van der Waals surface area (Å²) in [4.78, 5) is 0. The summed E-state index contributed by atoms with van der Waals surface area (Å²) in [7, 11) is 0. The lowest BCUT2D eigenvalue weighted by molar-refractivity contribution is 0.191. The fraction of sp³-hybridized carbons (Fsp3) is 0.909. The van der Waals surface area contributed by atoms with Gasteiger partial charge in [-0.05, 0) is 18.3 Å². The van der Waals surface area contributed by atoms with Gasteiger partial charge in [0, 0.05) is 12.6 Å². The molecule has 14 heavy (non-hydrogen) atoms. The lowest BCUT2D eigenvalue weighted by Crippen LogP contribution is -2.45. The highest BCUT2D eigenvalue weighted by Crippen LogP contribution is 2.22. The van der Waals surface area contributed by atoms with Crippen LogP contribution in [0.3, 0.4) is 0 Å². The first-order valence-electron chi connectivity index (χ1n) is 5.22. The molecule has 0 aliphatic heterocycles. The van der Waals surface area contributed by atoms with E-state index < -0.39 is 0 Å². The van der Waals surface area contributed by atoms with Crippen LogP contribution < -0.4 is 5.32 Å². The van der Waals surface area contributed by atoms with Crippen LogP contribution in [0.25, 0.3) is 0 Å². The molecule has 0 aromatic carbocycles. The van der Waals surface area contributed by atoms with Gasteiger partial charge in [0.25, 0.3) is 0 Å². The first kappa shape index (κ1) is 13.4. The van der Waals surface area contributed by atoms with E-state index in [2.05, 4.69) is 32.2 Å². The fourth-order valence-corrected chi connectivity index (χ4v) is 1.38. The highest BCUT2D eigenvalue weighted by molar-refractivity contribution is 4.93. The highest BCUT2D eigenvalue weighted by atomic mass is 16.3. The molecule has 0 radical (unpaired) electrons. The first-order chi connectivity index (χ1) is 6.45. The van der Waals surface area contributed by atoms with Gasteiger partial charge in [0.15, 0.2) is 0 Å². The quantitative estimate of drug-likeness (QED) is 0.706. The predicted molar refractivity (Wildman–Crippen MR) is 57.8 cm³/mol. The summed E-state index contributed by atoms with van der Waals surface area (Å²) in [6.45, 7) is 8.50. The van der Waals surface area contributed by atoms with Crippen molar-refractivity contribution in [3.05, 3.63) is 0 Å². The van der Waals surface area contributed by atoms with Gasteiger partial charge in [-0.15, -0.1) is 0 Å². The Kier molecular flexibility index (Phi) is 5.75. The Morgan fingerprint density at radius 1 is 1.43 bits per heavy atom. The van der Waals surface area contributed by atoms with Crippen molar-refractivity contribution < 1.29 is 5.11 Å². The van der Waals surface area contributed by atoms with Gasteiger partial charge >= 0.3 is 0 Å². The summed E-state index contributed by atoms with van der Waals surface area (Å²) >= 11 is 0. The van der Waals surface area contributed by atoms with Crippen LogP contribution in [-0.4, -0.2) is 23.8 Å². The van der Waals surface area contributed by atoms with Crippen molar-refractivity contribution in [2.24, 2.45) is 5.41 Å². The van der Waals surface area contributed by atoms with Crippen LogP contribution in [0.5, 0.6) is 0 Å². The fourth-order valence-electron chi connectivity index (χ4n) is 1.38. The van der Waals surface area contributed by atoms with Crippen molar-refractivity contribution in [2.45, 2.75) is 52.6 Å². The second-order valence-electron chi connectivity index (χ2n) is 4.69. The van der Waals surface area contributed by atoms with E-state index in [0.29, 0.717) is 6.42 Å². The van der Waals surface area contributed by atoms with Crippen molar-refractivity contribution in [3.8, 4) is 6.07 Å². The Labute approximate surface area is 87.1 Å². The molecular weight excluding hydrogens is 176 g/mol. The number of hydrogen-bond donors (Lipinski definition) is 2. The normalized spacial score (nSPS) is 16.0. The maximum atomic E-state index is 8.94. The van der Waals surface area contributed by atoms with E-state index in [1.165, 1.54) is 0 Å². The second kappa shape index (κ2) is 6.00. The molecule has 82 valence electrons. The average molecular weight is 198 g/mol. The molecule has 2 unspecified atom stereocenters. The molecule has 0 rings (SSSR count). The lowest BCUT2D eigenvalue weighted by atomic mass is 9.84. The Bertz CT molecular complexity index is 190. The molecule has 0 aromatic rings. The number of rotatable bonds is 5. The van der Waals surface area contributed by atoms with Crippen LogP contribution >= 0.6 is 0 Å². The largest absolute Gasteiger partial charge is 0.396 e. The van der Waals surface area contributed by atoms with Gasteiger partial charge in [-0.2, -0.15) is 5.26 Å². The van der Waals surface area contributed by atoms with Crippen molar-refractivity contribution in [1.82, 2.24) is 5.32 Å². The summed E-state index contributed by atoms with van der Waals surface area (Å²) < 4.78 is 0. The van der Waals surface area contributed by atoms with E-state index in [1.54, 1.807) is 0 Å². The first-order valence-corrected chi connectivity index (χ1v) is 5.22. The second-order valence-corrected chi connectivity index (χ2v) is 4.69. The lowest BCUT2D eigenvalue weighted by Gasteiger charge is -2.32. The zero-order valence-corrected chi connectivity index (χ0v) is 9.67. The number of nitrogens with zero attached hydrogens (tertiary/aromatic N) is 1. The average Bonchev–Trinajstić information content (AvgIpc) is 2.10. The maximum absolute atomic E-state index is 8.94. The molecule has 3 nitrogen and oxygen atoms in total. The van der Waals surface area contributed by atoms with Crippen LogP contribution in [0.1, 0.15) is 40.5 Å². The molecule has 0 amide bonds. The molecule has 0 bridgehead atoms. The number of aliphatic hydroxyl groups is 1. The Balaban J connectivity index is 4.30. The standard InChI is InChI=1S/C11H22N2O/c1-5-9(8-12)13-10(6-7-14)11(2,3)4/h9-10,13-14H,5-7H2,1-4H3. The van der Waals surface area contributed by atoms with Crippen LogP contribution in [0, 0.1) is 16.7 Å². The minimum atomic E-state index is -0.106. The van der Waals surface area contributed by atoms with Gasteiger partial charge in [0.05, 0.1) is 12.1 Å². The van der Waals surface area contributed by atoms with Gasteiger partial charge in [0.1, 0.15) is 0 Å². The van der Waals surface area contributed by atoms with Crippen LogP contribution in [-0.2, 0) is 0 Å². The summed E-state index contributed by atoms with van der Waals surface area (Å²) in [6, 6.07) is 2.31. The highest BCUT2D eigenvalue weighted by Gasteiger charge is 2.25. The van der Waals surface area contributed by atoms with E-state index in [0.717, 1.165) is 6.42 Å². The topological polar surface area (TPSA) is 56.0 Å². The molecule has 0 aliphatic rings. The molecule has 0 saturated heterocycles. The molecule has 2 N–H and O–H groups in total. The van der Waals surface area contributed by atoms with Gasteiger partial charge in [0.2, 0.25) is 0 Å². The molecule has 0 spiro atoms. The molecule has 0 aliphatic carbocycles. The number of nitrogens with one attached hydrogen (secondary N) is 1. The number of nitriles is 1. The summed E-state index contributed by atoms with van der Waals surface area (Å²) in [5.41, 5.74) is 0.0764. The number of aliphatic hydroxyl groups excluding tert-OH is 1. The third kappa shape index (κ3) is 4.59. The zero-order chi connectivity index (χ0) is 11.2. The SMILES string of the molecule is CCC(C#N)NC(CCO)C(C)(C)C. The van der Waals surface area contributed by atoms with Crippen molar-refractivity contribution >= 4 is 0 Å². The van der Waals surface area contributed by atoms with Crippen LogP contribution in [0.15, 0.2) is 0 Å². The van der Waals surface area contributed by atoms with E-state index >= 15 is 0 Å². The Morgan fingerprint density at radius 3 is 2.29 bits per heavy atom. The van der Waals surface area contributed by atoms with E-state index in [4.69, 9.17) is 10.4 Å². The van der Waals surface area contributed by atoms with Crippen molar-refractivity contribution in [1.29, 1.82) is 5.26 Å². The van der Waals surface area contributed by atoms with Gasteiger partial charge in [-0.3, -0.25) is 5.32 Å². The Hall–Kier alpha value is -0.590. The molecule has 0 heterocycles. The maximum Gasteiger partial charge on any atom is 0.0952 e. The zero-order valence-electron chi connectivity index (χ0n) is 9.67. The summed E-state index contributed by atoms with van der Waals surface area (Å²) in [6.07, 6.45) is 1.50. The van der Waals surface area contributed by atoms with Crippen molar-refractivity contribution in [3.63, 3.8) is 0 Å². The van der Waals surface area contributed by atoms with E-state index in [-0.39, 0.29) is 24.1 Å². The molecular formula is C11H22N2O. The number of hydrogen-bond acceptors (Lipinski definition) is 3. The van der Waals surface area contributed by atoms with E-state index in [9.17, 15) is 0 Å². The van der Waals surface area contributed by atoms with Gasteiger partial charge < -0.3 is 5.11 Å². The van der Waals surface area contributed by atoms with E-state index in [1.807, 2.05) is 6.92 Å². The molecule has 2 atom stereocenters. The van der Waals surface area contributed by atoms with Crippen molar-refractivity contribution in [2.75, 3.05) is 6.61 Å². The predicted octanol–water partition coefficient (Wildman–Crippen LogP) is 1.68. The molecule has 3 heteroatoms. The minimum Gasteiger partial charge on any atom is -0.396 e. The third-order valence-electron chi connectivity index (χ3n) is 2.43. The monoisotopic (exact) mass is 198 g/mol. The summed E-state index contributed by atoms with van der Waals surface area (Å²) in [5, 5.41) is 21.0.